The number of ether oxygens (including phenoxy) is 1. The third-order valence-corrected chi connectivity index (χ3v) is 4.18. The summed E-state index contributed by atoms with van der Waals surface area (Å²) in [7, 11) is 0. The van der Waals surface area contributed by atoms with Crippen LogP contribution in [-0.2, 0) is 17.6 Å². The van der Waals surface area contributed by atoms with Crippen LogP contribution in [-0.4, -0.2) is 19.0 Å². The lowest BCUT2D eigenvalue weighted by atomic mass is 9.92. The largest absolute Gasteiger partial charge is 0.377 e. The van der Waals surface area contributed by atoms with Crippen molar-refractivity contribution in [2.45, 2.75) is 40.5 Å². The highest BCUT2D eigenvalue weighted by molar-refractivity contribution is 6.03. The zero-order chi connectivity index (χ0) is 14.7. The highest BCUT2D eigenvalue weighted by Gasteiger charge is 2.29. The molecule has 1 aliphatic carbocycles. The van der Waals surface area contributed by atoms with Crippen molar-refractivity contribution in [3.8, 4) is 0 Å². The summed E-state index contributed by atoms with van der Waals surface area (Å²) < 4.78 is 5.58. The van der Waals surface area contributed by atoms with Gasteiger partial charge >= 0.3 is 0 Å². The predicted molar refractivity (Wildman–Crippen MR) is 82.5 cm³/mol. The fourth-order valence-corrected chi connectivity index (χ4v) is 3.09. The molecule has 0 saturated heterocycles. The number of fused-ring (bicyclic) bond motifs is 1. The molecule has 1 aromatic rings. The van der Waals surface area contributed by atoms with Gasteiger partial charge in [0.1, 0.15) is 0 Å². The van der Waals surface area contributed by atoms with Crippen LogP contribution in [0.25, 0.3) is 0 Å². The molecule has 0 aromatic heterocycles. The van der Waals surface area contributed by atoms with Crippen LogP contribution < -0.4 is 0 Å². The van der Waals surface area contributed by atoms with E-state index in [-0.39, 0.29) is 5.92 Å². The first kappa shape index (κ1) is 15.0. The Morgan fingerprint density at radius 3 is 2.85 bits per heavy atom. The number of Topliss-reactive ketones (excluding diaryl/α,β-unsaturated/α-hetero) is 1. The number of carbonyl (C=O) groups is 1. The Hall–Kier alpha value is -1.41. The molecule has 0 bridgehead atoms. The van der Waals surface area contributed by atoms with Gasteiger partial charge in [-0.25, -0.2) is 0 Å². The van der Waals surface area contributed by atoms with E-state index in [1.165, 1.54) is 22.3 Å². The van der Waals surface area contributed by atoms with Crippen molar-refractivity contribution >= 4 is 5.78 Å². The minimum absolute atomic E-state index is 0.143. The van der Waals surface area contributed by atoms with E-state index in [4.69, 9.17) is 4.74 Å². The summed E-state index contributed by atoms with van der Waals surface area (Å²) in [4.78, 5) is 12.3. The molecule has 0 spiro atoms. The molecule has 1 unspecified atom stereocenters. The van der Waals surface area contributed by atoms with Gasteiger partial charge in [-0.2, -0.15) is 0 Å². The molecular formula is C18H24O2. The number of carbonyl (C=O) groups excluding carboxylic acids is 1. The topological polar surface area (TPSA) is 26.3 Å². The van der Waals surface area contributed by atoms with Crippen molar-refractivity contribution in [1.29, 1.82) is 0 Å². The molecule has 0 N–H and O–H groups in total. The van der Waals surface area contributed by atoms with E-state index in [1.54, 1.807) is 0 Å². The van der Waals surface area contributed by atoms with Crippen LogP contribution in [0, 0.1) is 19.8 Å². The second-order valence-corrected chi connectivity index (χ2v) is 5.69. The molecule has 20 heavy (non-hydrogen) atoms. The Morgan fingerprint density at radius 2 is 2.15 bits per heavy atom. The van der Waals surface area contributed by atoms with Crippen LogP contribution in [0.2, 0.25) is 0 Å². The van der Waals surface area contributed by atoms with Crippen molar-refractivity contribution in [2.75, 3.05) is 13.2 Å². The summed E-state index contributed by atoms with van der Waals surface area (Å²) in [6, 6.07) is 2.20. The van der Waals surface area contributed by atoms with Crippen LogP contribution >= 0.6 is 0 Å². The minimum atomic E-state index is 0.143. The molecule has 2 heteroatoms. The van der Waals surface area contributed by atoms with Gasteiger partial charge in [0, 0.05) is 11.5 Å². The van der Waals surface area contributed by atoms with E-state index >= 15 is 0 Å². The maximum Gasteiger partial charge on any atom is 0.166 e. The standard InChI is InChI=1S/C18H24O2/c1-5-6-8-20-9-7-16-12(2)10-15-11-13(3)18(19)17(15)14(16)4/h5-6,10,13H,7-9,11H2,1-4H3. The highest BCUT2D eigenvalue weighted by atomic mass is 16.5. The number of hydrogen-bond donors (Lipinski definition) is 0. The summed E-state index contributed by atoms with van der Waals surface area (Å²) >= 11 is 0. The molecule has 0 radical (unpaired) electrons. The number of allylic oxidation sites excluding steroid dienone is 1. The number of aryl methyl sites for hydroxylation is 1. The average Bonchev–Trinajstić information content (AvgIpc) is 2.68. The van der Waals surface area contributed by atoms with Crippen LogP contribution in [0.3, 0.4) is 0 Å². The maximum atomic E-state index is 12.3. The van der Waals surface area contributed by atoms with Crippen LogP contribution in [0.1, 0.15) is 46.5 Å². The monoisotopic (exact) mass is 272 g/mol. The number of rotatable bonds is 5. The van der Waals surface area contributed by atoms with Crippen LogP contribution in [0.5, 0.6) is 0 Å². The predicted octanol–water partition coefficient (Wildman–Crippen LogP) is 3.81. The number of hydrogen-bond acceptors (Lipinski definition) is 2. The lowest BCUT2D eigenvalue weighted by Crippen LogP contribution is -2.08. The lowest BCUT2D eigenvalue weighted by molar-refractivity contribution is 0.0945. The number of benzene rings is 1. The summed E-state index contributed by atoms with van der Waals surface area (Å²) in [6.07, 6.45) is 5.78. The van der Waals surface area contributed by atoms with Crippen molar-refractivity contribution in [2.24, 2.45) is 5.92 Å². The van der Waals surface area contributed by atoms with Crippen molar-refractivity contribution in [3.63, 3.8) is 0 Å². The van der Waals surface area contributed by atoms with E-state index in [0.717, 1.165) is 18.4 Å². The van der Waals surface area contributed by atoms with Crippen molar-refractivity contribution in [1.82, 2.24) is 0 Å². The van der Waals surface area contributed by atoms with Gasteiger partial charge in [0.2, 0.25) is 0 Å². The molecule has 0 heterocycles. The first-order valence-electron chi connectivity index (χ1n) is 7.41. The second-order valence-electron chi connectivity index (χ2n) is 5.69. The molecule has 2 rings (SSSR count). The molecular weight excluding hydrogens is 248 g/mol. The Kier molecular flexibility index (Phi) is 4.77. The van der Waals surface area contributed by atoms with E-state index in [2.05, 4.69) is 19.9 Å². The third kappa shape index (κ3) is 2.85. The summed E-state index contributed by atoms with van der Waals surface area (Å²) in [5, 5.41) is 0. The van der Waals surface area contributed by atoms with Gasteiger partial charge in [0.25, 0.3) is 0 Å². The Morgan fingerprint density at radius 1 is 1.40 bits per heavy atom. The fraction of sp³-hybridized carbons (Fsp3) is 0.500. The summed E-state index contributed by atoms with van der Waals surface area (Å²) in [5.41, 5.74) is 5.95. The first-order chi connectivity index (χ1) is 9.56. The zero-order valence-electron chi connectivity index (χ0n) is 13.0. The minimum Gasteiger partial charge on any atom is -0.377 e. The quantitative estimate of drug-likeness (QED) is 0.602. The Bertz CT molecular complexity index is 541. The van der Waals surface area contributed by atoms with Crippen molar-refractivity contribution < 1.29 is 9.53 Å². The van der Waals surface area contributed by atoms with E-state index in [0.29, 0.717) is 19.0 Å². The van der Waals surface area contributed by atoms with E-state index in [9.17, 15) is 4.79 Å². The molecule has 0 aliphatic heterocycles. The van der Waals surface area contributed by atoms with E-state index in [1.807, 2.05) is 26.0 Å². The second kappa shape index (κ2) is 6.36. The molecule has 108 valence electrons. The highest BCUT2D eigenvalue weighted by Crippen LogP contribution is 2.32. The molecule has 1 aromatic carbocycles. The van der Waals surface area contributed by atoms with Gasteiger partial charge in [0.05, 0.1) is 13.2 Å². The fourth-order valence-electron chi connectivity index (χ4n) is 3.09. The smallest absolute Gasteiger partial charge is 0.166 e. The van der Waals surface area contributed by atoms with Gasteiger partial charge < -0.3 is 4.74 Å². The normalized spacial score (nSPS) is 18.0. The van der Waals surface area contributed by atoms with Crippen molar-refractivity contribution in [3.05, 3.63) is 46.0 Å². The summed E-state index contributed by atoms with van der Waals surface area (Å²) in [5.74, 6) is 0.456. The third-order valence-electron chi connectivity index (χ3n) is 4.18. The Balaban J connectivity index is 2.17. The SMILES string of the molecule is CC=CCOCCc1c(C)cc2c(c1C)C(=O)C(C)C2. The molecule has 0 fully saturated rings. The summed E-state index contributed by atoms with van der Waals surface area (Å²) in [6.45, 7) is 9.61. The molecule has 0 saturated carbocycles. The molecule has 2 nitrogen and oxygen atoms in total. The van der Waals surface area contributed by atoms with E-state index < -0.39 is 0 Å². The number of ketones is 1. The lowest BCUT2D eigenvalue weighted by Gasteiger charge is -2.14. The first-order valence-corrected chi connectivity index (χ1v) is 7.41. The zero-order valence-corrected chi connectivity index (χ0v) is 13.0. The molecule has 1 atom stereocenters. The van der Waals surface area contributed by atoms with Gasteiger partial charge in [-0.15, -0.1) is 0 Å². The average molecular weight is 272 g/mol. The van der Waals surface area contributed by atoms with Crippen LogP contribution in [0.15, 0.2) is 18.2 Å². The van der Waals surface area contributed by atoms with Crippen LogP contribution in [0.4, 0.5) is 0 Å². The molecule has 0 amide bonds. The van der Waals surface area contributed by atoms with Gasteiger partial charge in [-0.3, -0.25) is 4.79 Å². The Labute approximate surface area is 121 Å². The maximum absolute atomic E-state index is 12.3. The van der Waals surface area contributed by atoms with Gasteiger partial charge in [-0.05, 0) is 55.9 Å². The van der Waals surface area contributed by atoms with Gasteiger partial charge in [0.15, 0.2) is 5.78 Å². The molecule has 1 aliphatic rings. The van der Waals surface area contributed by atoms with Gasteiger partial charge in [-0.1, -0.05) is 25.1 Å².